The number of carbonyl (C=O) groups excluding carboxylic acids is 2. The van der Waals surface area contributed by atoms with Crippen LogP contribution in [0.5, 0.6) is 0 Å². The van der Waals surface area contributed by atoms with E-state index in [1.54, 1.807) is 24.5 Å². The van der Waals surface area contributed by atoms with Crippen molar-refractivity contribution < 1.29 is 19.5 Å². The number of nitrogens with one attached hydrogen (secondary N) is 2. The molecule has 6 nitrogen and oxygen atoms in total. The Morgan fingerprint density at radius 2 is 1.56 bits per heavy atom. The van der Waals surface area contributed by atoms with E-state index in [0.717, 1.165) is 17.5 Å². The highest BCUT2D eigenvalue weighted by Gasteiger charge is 2.27. The lowest BCUT2D eigenvalue weighted by molar-refractivity contribution is -0.134. The highest BCUT2D eigenvalue weighted by Crippen LogP contribution is 2.20. The lowest BCUT2D eigenvalue weighted by Gasteiger charge is -2.22. The van der Waals surface area contributed by atoms with Gasteiger partial charge in [0.2, 0.25) is 0 Å². The molecule has 0 aliphatic carbocycles. The van der Waals surface area contributed by atoms with Crippen LogP contribution in [0.1, 0.15) is 37.2 Å². The van der Waals surface area contributed by atoms with E-state index in [9.17, 15) is 9.59 Å². The molecule has 0 saturated carbocycles. The molecule has 0 aromatic heterocycles. The minimum atomic E-state index is -1.00. The second-order valence-electron chi connectivity index (χ2n) is 6.00. The van der Waals surface area contributed by atoms with Gasteiger partial charge in [0.05, 0.1) is 6.10 Å². The van der Waals surface area contributed by atoms with Gasteiger partial charge in [0, 0.05) is 12.7 Å². The number of aryl methyl sites for hydroxylation is 1. The summed E-state index contributed by atoms with van der Waals surface area (Å²) in [7, 11) is 1.42. The zero-order chi connectivity index (χ0) is 19.1. The fourth-order valence-corrected chi connectivity index (χ4v) is 2.57. The summed E-state index contributed by atoms with van der Waals surface area (Å²) < 4.78 is 5.08. The van der Waals surface area contributed by atoms with Crippen molar-refractivity contribution in [3.05, 3.63) is 59.7 Å². The summed E-state index contributed by atoms with van der Waals surface area (Å²) in [4.78, 5) is 24.1. The van der Waals surface area contributed by atoms with Crippen molar-refractivity contribution in [3.63, 3.8) is 0 Å². The van der Waals surface area contributed by atoms with Crippen LogP contribution >= 0.6 is 0 Å². The number of rotatable bonds is 7. The van der Waals surface area contributed by atoms with Gasteiger partial charge in [0.1, 0.15) is 6.04 Å². The maximum Gasteiger partial charge on any atom is 0.268 e. The topological polar surface area (TPSA) is 87.7 Å². The van der Waals surface area contributed by atoms with Crippen molar-refractivity contribution in [3.8, 4) is 11.1 Å². The van der Waals surface area contributed by atoms with Crippen LogP contribution in [0.3, 0.4) is 0 Å². The number of hydrogen-bond donors (Lipinski definition) is 3. The predicted octanol–water partition coefficient (Wildman–Crippen LogP) is 3.19. The van der Waals surface area contributed by atoms with Gasteiger partial charge in [0.25, 0.3) is 11.8 Å². The Morgan fingerprint density at radius 3 is 2.00 bits per heavy atom. The maximum absolute atomic E-state index is 12.4. The molecule has 0 bridgehead atoms. The minimum absolute atomic E-state index is 0. The van der Waals surface area contributed by atoms with Gasteiger partial charge >= 0.3 is 0 Å². The summed E-state index contributed by atoms with van der Waals surface area (Å²) in [6.07, 6.45) is 0.393. The molecule has 0 saturated heterocycles. The van der Waals surface area contributed by atoms with Crippen LogP contribution in [0.15, 0.2) is 48.5 Å². The van der Waals surface area contributed by atoms with Crippen molar-refractivity contribution in [2.45, 2.75) is 39.8 Å². The zero-order valence-electron chi connectivity index (χ0n) is 15.2. The quantitative estimate of drug-likeness (QED) is 0.514. The molecule has 3 N–H and O–H groups in total. The molecule has 0 unspecified atom stereocenters. The summed E-state index contributed by atoms with van der Waals surface area (Å²) in [6, 6.07) is 14.4. The number of hydrogen-bond acceptors (Lipinski definition) is 4. The van der Waals surface area contributed by atoms with Gasteiger partial charge in [-0.2, -0.15) is 0 Å². The Hall–Kier alpha value is -2.70. The van der Waals surface area contributed by atoms with Gasteiger partial charge in [-0.05, 0) is 42.2 Å². The first-order valence-electron chi connectivity index (χ1n) is 8.47. The van der Waals surface area contributed by atoms with Crippen molar-refractivity contribution in [2.75, 3.05) is 7.11 Å². The van der Waals surface area contributed by atoms with Gasteiger partial charge in [-0.3, -0.25) is 14.8 Å². The number of hydroxylamine groups is 1. The smallest absolute Gasteiger partial charge is 0.268 e. The van der Waals surface area contributed by atoms with Gasteiger partial charge in [-0.25, -0.2) is 5.48 Å². The first-order valence-corrected chi connectivity index (χ1v) is 8.47. The SMILES string of the molecule is C.CCc1ccc(-c2ccc(C(=O)N[C@H](C(=O)NO)[C@@H](C)OC)cc2)cc1. The van der Waals surface area contributed by atoms with Crippen LogP contribution in [-0.2, 0) is 16.0 Å². The van der Waals surface area contributed by atoms with Crippen molar-refractivity contribution in [1.29, 1.82) is 0 Å². The van der Waals surface area contributed by atoms with Gasteiger partial charge in [-0.1, -0.05) is 50.7 Å². The molecule has 0 aliphatic rings. The number of carbonyl (C=O) groups is 2. The standard InChI is InChI=1S/C20H24N2O4.CH4/c1-4-14-5-7-15(8-6-14)16-9-11-17(12-10-16)19(23)21-18(13(2)26-3)20(24)22-25;/h5-13,18,25H,4H2,1-3H3,(H,21,23)(H,22,24);1H4/t13-,18+;/m1./s1. The molecular formula is C21H28N2O4. The maximum atomic E-state index is 12.4. The molecule has 2 aromatic rings. The molecule has 0 heterocycles. The van der Waals surface area contributed by atoms with E-state index in [2.05, 4.69) is 36.5 Å². The minimum Gasteiger partial charge on any atom is -0.379 e. The fourth-order valence-electron chi connectivity index (χ4n) is 2.57. The molecule has 0 aliphatic heterocycles. The van der Waals surface area contributed by atoms with Crippen molar-refractivity contribution in [1.82, 2.24) is 10.8 Å². The lowest BCUT2D eigenvalue weighted by Crippen LogP contribution is -2.52. The van der Waals surface area contributed by atoms with E-state index in [4.69, 9.17) is 9.94 Å². The van der Waals surface area contributed by atoms with E-state index >= 15 is 0 Å². The highest BCUT2D eigenvalue weighted by atomic mass is 16.5. The van der Waals surface area contributed by atoms with Crippen LogP contribution in [0.2, 0.25) is 0 Å². The molecule has 146 valence electrons. The Balaban J connectivity index is 0.00000364. The third-order valence-corrected chi connectivity index (χ3v) is 4.36. The van der Waals surface area contributed by atoms with Crippen molar-refractivity contribution >= 4 is 11.8 Å². The molecule has 6 heteroatoms. The summed E-state index contributed by atoms with van der Waals surface area (Å²) in [5.41, 5.74) is 5.30. The molecule has 27 heavy (non-hydrogen) atoms. The fraction of sp³-hybridized carbons (Fsp3) is 0.333. The summed E-state index contributed by atoms with van der Waals surface area (Å²) in [6.45, 7) is 3.74. The van der Waals surface area contributed by atoms with Gasteiger partial charge in [0.15, 0.2) is 0 Å². The molecule has 2 amide bonds. The summed E-state index contributed by atoms with van der Waals surface area (Å²) in [5.74, 6) is -1.16. The third-order valence-electron chi connectivity index (χ3n) is 4.36. The number of ether oxygens (including phenoxy) is 1. The molecule has 2 atom stereocenters. The second kappa shape index (κ2) is 10.4. The van der Waals surface area contributed by atoms with Gasteiger partial charge in [-0.15, -0.1) is 0 Å². The van der Waals surface area contributed by atoms with Crippen LogP contribution in [0.25, 0.3) is 11.1 Å². The molecule has 2 rings (SSSR count). The normalized spacial score (nSPS) is 12.4. The average Bonchev–Trinajstić information content (AvgIpc) is 2.70. The lowest BCUT2D eigenvalue weighted by atomic mass is 10.0. The Bertz CT molecular complexity index is 742. The summed E-state index contributed by atoms with van der Waals surface area (Å²) in [5, 5.41) is 11.4. The van der Waals surface area contributed by atoms with Gasteiger partial charge < -0.3 is 10.1 Å². The van der Waals surface area contributed by atoms with E-state index in [0.29, 0.717) is 5.56 Å². The third kappa shape index (κ3) is 5.64. The number of amides is 2. The van der Waals surface area contributed by atoms with Crippen molar-refractivity contribution in [2.24, 2.45) is 0 Å². The molecule has 0 fully saturated rings. The van der Waals surface area contributed by atoms with Crippen LogP contribution in [-0.4, -0.2) is 36.3 Å². The number of methoxy groups -OCH3 is 1. The van der Waals surface area contributed by atoms with Crippen LogP contribution in [0.4, 0.5) is 0 Å². The summed E-state index contributed by atoms with van der Waals surface area (Å²) >= 11 is 0. The first-order chi connectivity index (χ1) is 12.5. The molecular weight excluding hydrogens is 344 g/mol. The van der Waals surface area contributed by atoms with E-state index in [-0.39, 0.29) is 7.43 Å². The van der Waals surface area contributed by atoms with Crippen LogP contribution in [0, 0.1) is 0 Å². The molecule has 0 radical (unpaired) electrons. The Kier molecular flexibility index (Phi) is 8.65. The van der Waals surface area contributed by atoms with E-state index in [1.807, 2.05) is 12.1 Å². The van der Waals surface area contributed by atoms with E-state index in [1.165, 1.54) is 12.7 Å². The first kappa shape index (κ1) is 22.3. The Labute approximate surface area is 160 Å². The zero-order valence-corrected chi connectivity index (χ0v) is 15.2. The molecule has 0 spiro atoms. The molecule has 2 aromatic carbocycles. The Morgan fingerprint density at radius 1 is 1.04 bits per heavy atom. The monoisotopic (exact) mass is 372 g/mol. The largest absolute Gasteiger partial charge is 0.379 e. The van der Waals surface area contributed by atoms with Crippen LogP contribution < -0.4 is 10.8 Å². The van der Waals surface area contributed by atoms with E-state index < -0.39 is 24.0 Å². The highest BCUT2D eigenvalue weighted by molar-refractivity contribution is 5.97. The second-order valence-corrected chi connectivity index (χ2v) is 6.00. The average molecular weight is 372 g/mol. The predicted molar refractivity (Wildman–Crippen MR) is 106 cm³/mol. The number of benzene rings is 2.